The van der Waals surface area contributed by atoms with Gasteiger partial charge in [0.25, 0.3) is 0 Å². The number of aromatic nitrogens is 4. The largest absolute Gasteiger partial charge is 0.494 e. The van der Waals surface area contributed by atoms with Crippen LogP contribution in [0, 0.1) is 11.6 Å². The quantitative estimate of drug-likeness (QED) is 0.0152. The summed E-state index contributed by atoms with van der Waals surface area (Å²) in [6, 6.07) is 21.1. The fraction of sp³-hybridized carbons (Fsp3) is 0.296. The molecular weight excluding hydrogens is 1080 g/mol. The second-order valence-corrected chi connectivity index (χ2v) is 25.6. The van der Waals surface area contributed by atoms with Crippen LogP contribution in [-0.2, 0) is 18.7 Å². The second kappa shape index (κ2) is 29.4. The maximum Gasteiger partial charge on any atom is 0.247 e. The Kier molecular flexibility index (Phi) is 23.8. The number of nitrogens with two attached hydrogens (primary N) is 1. The van der Waals surface area contributed by atoms with Crippen LogP contribution >= 0.6 is 25.9 Å². The van der Waals surface area contributed by atoms with E-state index in [1.54, 1.807) is 100 Å². The van der Waals surface area contributed by atoms with Crippen LogP contribution in [-0.4, -0.2) is 150 Å². The fourth-order valence-electron chi connectivity index (χ4n) is 7.18. The molecule has 0 bridgehead atoms. The number of likely N-dealkylation sites (N-methyl/N-ethyl adjacent to an activating group) is 4. The molecule has 0 spiro atoms. The van der Waals surface area contributed by atoms with Crippen molar-refractivity contribution in [2.45, 2.75) is 0 Å². The minimum Gasteiger partial charge on any atom is -0.494 e. The van der Waals surface area contributed by atoms with Gasteiger partial charge in [-0.2, -0.15) is 9.97 Å². The first-order chi connectivity index (χ1) is 37.2. The molecule has 6 aromatic rings. The minimum atomic E-state index is -2.64. The molecule has 0 aliphatic carbocycles. The minimum absolute atomic E-state index is 0.0459. The molecule has 0 unspecified atom stereocenters. The Bertz CT molecular complexity index is 3200. The van der Waals surface area contributed by atoms with Crippen LogP contribution in [0.5, 0.6) is 11.5 Å². The Balaban J connectivity index is 0.000000315. The van der Waals surface area contributed by atoms with Crippen LogP contribution in [0.15, 0.2) is 111 Å². The third kappa shape index (κ3) is 19.4. The molecule has 2 aromatic heterocycles. The number of carbonyl (C=O) groups is 2. The van der Waals surface area contributed by atoms with Crippen LogP contribution < -0.4 is 62.2 Å². The summed E-state index contributed by atoms with van der Waals surface area (Å²) in [5.74, 6) is -0.600. The molecule has 20 nitrogen and oxygen atoms in total. The number of para-hydroxylation sites is 2. The van der Waals surface area contributed by atoms with E-state index in [-0.39, 0.29) is 29.4 Å². The first-order valence-corrected chi connectivity index (χ1v) is 29.9. The van der Waals surface area contributed by atoms with Gasteiger partial charge in [0.1, 0.15) is 25.8 Å². The third-order valence-electron chi connectivity index (χ3n) is 11.3. The van der Waals surface area contributed by atoms with E-state index in [0.29, 0.717) is 62.8 Å². The van der Waals surface area contributed by atoms with Crippen molar-refractivity contribution in [3.05, 3.63) is 122 Å². The molecule has 1 amide bonds. The van der Waals surface area contributed by atoms with Gasteiger partial charge in [0.2, 0.25) is 23.0 Å². The first kappa shape index (κ1) is 63.9. The van der Waals surface area contributed by atoms with Gasteiger partial charge >= 0.3 is 0 Å². The van der Waals surface area contributed by atoms with Gasteiger partial charge in [-0.05, 0) is 115 Å². The van der Waals surface area contributed by atoms with Gasteiger partial charge in [0, 0.05) is 63.0 Å². The average molecular weight is 1150 g/mol. The van der Waals surface area contributed by atoms with Gasteiger partial charge in [0.05, 0.1) is 72.1 Å². The molecule has 0 aliphatic rings. The van der Waals surface area contributed by atoms with Crippen LogP contribution in [0.1, 0.15) is 0 Å². The molecule has 79 heavy (non-hydrogen) atoms. The number of hydrogen-bond donors (Lipinski definition) is 6. The molecule has 0 atom stereocenters. The number of carbonyl (C=O) groups excluding carboxylic acids is 2. The predicted octanol–water partition coefficient (Wildman–Crippen LogP) is 9.36. The maximum absolute atomic E-state index is 14.7. The molecule has 7 N–H and O–H groups in total. The number of nitrogen functional groups attached to an aromatic ring is 1. The Morgan fingerprint density at radius 3 is 1.42 bits per heavy atom. The van der Waals surface area contributed by atoms with Gasteiger partial charge in [-0.1, -0.05) is 37.4 Å². The number of rotatable bonds is 23. The number of methoxy groups -OCH3 is 2. The normalized spacial score (nSPS) is 11.0. The molecule has 4 aromatic carbocycles. The Morgan fingerprint density at radius 2 is 1.03 bits per heavy atom. The lowest BCUT2D eigenvalue weighted by atomic mass is 10.2. The molecule has 0 saturated heterocycles. The zero-order chi connectivity index (χ0) is 58.8. The van der Waals surface area contributed by atoms with E-state index in [0.717, 1.165) is 49.5 Å². The van der Waals surface area contributed by atoms with Crippen LogP contribution in [0.3, 0.4) is 0 Å². The van der Waals surface area contributed by atoms with Crippen molar-refractivity contribution in [2.75, 3.05) is 151 Å². The topological polar surface area (TPSA) is 237 Å². The Morgan fingerprint density at radius 1 is 0.620 bits per heavy atom. The van der Waals surface area contributed by atoms with Gasteiger partial charge in [-0.3, -0.25) is 9.59 Å². The second-order valence-electron chi connectivity index (χ2n) is 18.8. The van der Waals surface area contributed by atoms with Crippen molar-refractivity contribution in [1.29, 1.82) is 0 Å². The number of hydrogen-bond acceptors (Lipinski definition) is 19. The number of nitrogens with zero attached hydrogens (tertiary/aromatic N) is 8. The van der Waals surface area contributed by atoms with Crippen LogP contribution in [0.4, 0.5) is 77.8 Å². The molecule has 0 aliphatic heterocycles. The average Bonchev–Trinajstić information content (AvgIpc) is 3.39. The van der Waals surface area contributed by atoms with Gasteiger partial charge in [-0.15, -0.1) is 0 Å². The lowest BCUT2D eigenvalue weighted by molar-refractivity contribution is -0.112. The standard InChI is InChI=1S/C27H35FN7O3P.C24H33FN7O2P.C3H3ClO/c1-8-25(36)30-20-15-21(23(38-5)16-22(20)35(4)14-13-34(2)3)32-27-29-17-18(28)26(33-27)31-19-11-9-10-12-24(19)39(6,7)37;1-31(2)11-12-32(3)20-14-21(34-4)19(13-17(20)26)29-24-27-15-16(25)23(30-24)28-18-9-7-8-10-22(18)35(5,6)33;1-2-3(4)5/h8-12,15-17H,1,13-14H2,2-7H3,(H,30,36)(H2,29,31,32,33);7-10,13-15H,11-12,26H2,1-6H3,(H2,27,28,29,30);2H,1H2. The SMILES string of the molecule is C=CC(=O)Cl.C=CC(=O)Nc1cc(Nc2ncc(F)c(Nc3ccccc3P(C)(C)=O)n2)c(OC)cc1N(C)CCN(C)C.COc1cc(N(C)CCN(C)C)c(N)cc1Nc1ncc(F)c(Nc2ccccc2P(C)(C)=O)n1. The Labute approximate surface area is 466 Å². The van der Waals surface area contributed by atoms with E-state index in [4.69, 9.17) is 26.8 Å². The monoisotopic (exact) mass is 1150 g/mol. The summed E-state index contributed by atoms with van der Waals surface area (Å²) >= 11 is 4.71. The highest BCUT2D eigenvalue weighted by Gasteiger charge is 2.22. The van der Waals surface area contributed by atoms with Gasteiger partial charge < -0.3 is 70.5 Å². The lowest BCUT2D eigenvalue weighted by Gasteiger charge is -2.26. The molecule has 2 heterocycles. The van der Waals surface area contributed by atoms with E-state index in [2.05, 4.69) is 74.4 Å². The summed E-state index contributed by atoms with van der Waals surface area (Å²) in [6.45, 7) is 16.4. The third-order valence-corrected chi connectivity index (χ3v) is 14.6. The smallest absolute Gasteiger partial charge is 0.247 e. The molecular formula is C54H71ClF2N14O6P2. The van der Waals surface area contributed by atoms with Crippen LogP contribution in [0.2, 0.25) is 0 Å². The van der Waals surface area contributed by atoms with Crippen molar-refractivity contribution < 1.29 is 37.0 Å². The molecule has 25 heteroatoms. The number of benzene rings is 4. The van der Waals surface area contributed by atoms with E-state index in [1.807, 2.05) is 53.3 Å². The highest BCUT2D eigenvalue weighted by atomic mass is 35.5. The highest BCUT2D eigenvalue weighted by Crippen LogP contribution is 2.41. The number of amides is 1. The molecule has 6 rings (SSSR count). The van der Waals surface area contributed by atoms with Crippen LogP contribution in [0.25, 0.3) is 0 Å². The molecule has 0 radical (unpaired) electrons. The number of anilines is 12. The molecule has 424 valence electrons. The van der Waals surface area contributed by atoms with Crippen molar-refractivity contribution in [3.63, 3.8) is 0 Å². The van der Waals surface area contributed by atoms with E-state index < -0.39 is 31.2 Å². The summed E-state index contributed by atoms with van der Waals surface area (Å²) in [6.07, 6.45) is 4.33. The molecule has 0 fully saturated rings. The summed E-state index contributed by atoms with van der Waals surface area (Å²) in [4.78, 5) is 46.6. The highest BCUT2D eigenvalue weighted by molar-refractivity contribution is 7.70. The summed E-state index contributed by atoms with van der Waals surface area (Å²) < 4.78 is 65.8. The fourth-order valence-corrected chi connectivity index (χ4v) is 9.49. The van der Waals surface area contributed by atoms with Crippen molar-refractivity contribution in [2.24, 2.45) is 0 Å². The van der Waals surface area contributed by atoms with Gasteiger partial charge in [0.15, 0.2) is 23.3 Å². The number of halogens is 3. The number of allylic oxidation sites excluding steroid dienone is 1. The van der Waals surface area contributed by atoms with E-state index in [1.165, 1.54) is 13.2 Å². The lowest BCUT2D eigenvalue weighted by Crippen LogP contribution is -2.29. The van der Waals surface area contributed by atoms with Gasteiger partial charge in [-0.25, -0.2) is 18.7 Å². The van der Waals surface area contributed by atoms with E-state index >= 15 is 0 Å². The first-order valence-electron chi connectivity index (χ1n) is 24.3. The Hall–Kier alpha value is -7.61. The zero-order valence-electron chi connectivity index (χ0n) is 46.6. The number of ether oxygens (including phenoxy) is 2. The summed E-state index contributed by atoms with van der Waals surface area (Å²) in [5.41, 5.74) is 11.0. The van der Waals surface area contributed by atoms with Crippen molar-refractivity contribution in [3.8, 4) is 11.5 Å². The maximum atomic E-state index is 14.7. The van der Waals surface area contributed by atoms with E-state index in [9.17, 15) is 27.5 Å². The number of nitrogens with one attached hydrogen (secondary N) is 5. The van der Waals surface area contributed by atoms with Crippen molar-refractivity contribution in [1.82, 2.24) is 29.7 Å². The predicted molar refractivity (Wildman–Crippen MR) is 322 cm³/mol. The van der Waals surface area contributed by atoms with Crippen molar-refractivity contribution >= 4 is 117 Å². The summed E-state index contributed by atoms with van der Waals surface area (Å²) in [5, 5.41) is 15.5. The summed E-state index contributed by atoms with van der Waals surface area (Å²) in [7, 11) is 9.72. The zero-order valence-corrected chi connectivity index (χ0v) is 49.2. The molecule has 0 saturated carbocycles.